The molecule has 2 aromatic rings. The Hall–Kier alpha value is -1.96. The van der Waals surface area contributed by atoms with Crippen LogP contribution in [-0.4, -0.2) is 20.6 Å². The smallest absolute Gasteiger partial charge is 0.0444 e. The fourth-order valence-corrected chi connectivity index (χ4v) is 2.69. The summed E-state index contributed by atoms with van der Waals surface area (Å²) in [4.78, 5) is 2.19. The highest BCUT2D eigenvalue weighted by atomic mass is 15.1. The predicted octanol–water partition coefficient (Wildman–Crippen LogP) is 4.47. The van der Waals surface area contributed by atoms with Crippen LogP contribution < -0.4 is 10.2 Å². The summed E-state index contributed by atoms with van der Waals surface area (Å²) >= 11 is 0. The first-order valence-electron chi connectivity index (χ1n) is 7.17. The fourth-order valence-electron chi connectivity index (χ4n) is 2.69. The highest BCUT2D eigenvalue weighted by Crippen LogP contribution is 2.39. The van der Waals surface area contributed by atoms with Gasteiger partial charge in [0.25, 0.3) is 0 Å². The molecule has 0 heterocycles. The van der Waals surface area contributed by atoms with Crippen molar-refractivity contribution in [3.8, 4) is 11.1 Å². The SMILES string of the molecule is CCNc1cccc(C)c1-c1c(C)cccc1N(C)C. The zero-order valence-corrected chi connectivity index (χ0v) is 13.1. The van der Waals surface area contributed by atoms with Crippen molar-refractivity contribution >= 4 is 11.4 Å². The van der Waals surface area contributed by atoms with Crippen molar-refractivity contribution in [2.75, 3.05) is 30.9 Å². The zero-order chi connectivity index (χ0) is 14.7. The van der Waals surface area contributed by atoms with E-state index in [1.165, 1.54) is 33.6 Å². The summed E-state index contributed by atoms with van der Waals surface area (Å²) in [6.45, 7) is 7.43. The van der Waals surface area contributed by atoms with E-state index in [0.717, 1.165) is 6.54 Å². The predicted molar refractivity (Wildman–Crippen MR) is 89.8 cm³/mol. The Balaban J connectivity index is 2.74. The lowest BCUT2D eigenvalue weighted by molar-refractivity contribution is 1.13. The van der Waals surface area contributed by atoms with Crippen LogP contribution in [0.1, 0.15) is 18.1 Å². The Labute approximate surface area is 122 Å². The molecule has 0 radical (unpaired) electrons. The molecule has 2 heteroatoms. The third-order valence-electron chi connectivity index (χ3n) is 3.62. The second-order valence-electron chi connectivity index (χ2n) is 5.39. The maximum atomic E-state index is 3.49. The van der Waals surface area contributed by atoms with Gasteiger partial charge in [0.15, 0.2) is 0 Å². The minimum atomic E-state index is 0.930. The van der Waals surface area contributed by atoms with E-state index < -0.39 is 0 Å². The van der Waals surface area contributed by atoms with Crippen molar-refractivity contribution in [2.24, 2.45) is 0 Å². The van der Waals surface area contributed by atoms with Gasteiger partial charge in [0.2, 0.25) is 0 Å². The van der Waals surface area contributed by atoms with Gasteiger partial charge in [-0.05, 0) is 44.0 Å². The largest absolute Gasteiger partial charge is 0.385 e. The van der Waals surface area contributed by atoms with Gasteiger partial charge in [-0.1, -0.05) is 24.3 Å². The number of hydrogen-bond donors (Lipinski definition) is 1. The molecular formula is C18H24N2. The number of hydrogen-bond acceptors (Lipinski definition) is 2. The second kappa shape index (κ2) is 6.00. The van der Waals surface area contributed by atoms with E-state index in [1.54, 1.807) is 0 Å². The topological polar surface area (TPSA) is 15.3 Å². The van der Waals surface area contributed by atoms with Crippen LogP contribution in [0.15, 0.2) is 36.4 Å². The van der Waals surface area contributed by atoms with Crippen molar-refractivity contribution in [3.05, 3.63) is 47.5 Å². The fraction of sp³-hybridized carbons (Fsp3) is 0.333. The standard InChI is InChI=1S/C18H24N2/c1-6-19-15-11-7-9-13(2)17(15)18-14(3)10-8-12-16(18)20(4)5/h7-12,19H,6H2,1-5H3. The van der Waals surface area contributed by atoms with Crippen LogP contribution in [0.3, 0.4) is 0 Å². The molecule has 1 N–H and O–H groups in total. The molecule has 0 unspecified atom stereocenters. The van der Waals surface area contributed by atoms with Gasteiger partial charge in [-0.2, -0.15) is 0 Å². The maximum Gasteiger partial charge on any atom is 0.0444 e. The molecule has 0 amide bonds. The van der Waals surface area contributed by atoms with Crippen molar-refractivity contribution in [1.82, 2.24) is 0 Å². The molecule has 2 nitrogen and oxygen atoms in total. The van der Waals surface area contributed by atoms with E-state index in [1.807, 2.05) is 0 Å². The van der Waals surface area contributed by atoms with Gasteiger partial charge in [-0.25, -0.2) is 0 Å². The number of nitrogens with one attached hydrogen (secondary N) is 1. The van der Waals surface area contributed by atoms with E-state index in [4.69, 9.17) is 0 Å². The Bertz CT molecular complexity index is 600. The molecule has 106 valence electrons. The summed E-state index contributed by atoms with van der Waals surface area (Å²) in [5.41, 5.74) is 7.73. The highest BCUT2D eigenvalue weighted by Gasteiger charge is 2.15. The molecule has 0 fully saturated rings. The highest BCUT2D eigenvalue weighted by molar-refractivity contribution is 5.90. The van der Waals surface area contributed by atoms with Gasteiger partial charge in [0, 0.05) is 43.1 Å². The Morgan fingerprint density at radius 1 is 0.900 bits per heavy atom. The molecule has 0 aliphatic rings. The van der Waals surface area contributed by atoms with E-state index in [-0.39, 0.29) is 0 Å². The number of aryl methyl sites for hydroxylation is 2. The molecule has 2 rings (SSSR count). The quantitative estimate of drug-likeness (QED) is 0.880. The summed E-state index contributed by atoms with van der Waals surface area (Å²) in [7, 11) is 4.20. The molecule has 0 aromatic heterocycles. The van der Waals surface area contributed by atoms with Gasteiger partial charge < -0.3 is 10.2 Å². The van der Waals surface area contributed by atoms with E-state index >= 15 is 0 Å². The number of rotatable bonds is 4. The van der Waals surface area contributed by atoms with E-state index in [2.05, 4.69) is 81.5 Å². The first-order chi connectivity index (χ1) is 9.56. The monoisotopic (exact) mass is 268 g/mol. The van der Waals surface area contributed by atoms with Crippen molar-refractivity contribution in [3.63, 3.8) is 0 Å². The normalized spacial score (nSPS) is 10.4. The molecule has 0 saturated carbocycles. The third-order valence-corrected chi connectivity index (χ3v) is 3.62. The summed E-state index contributed by atoms with van der Waals surface area (Å²) in [6.07, 6.45) is 0. The minimum Gasteiger partial charge on any atom is -0.385 e. The molecule has 0 aliphatic heterocycles. The molecule has 0 atom stereocenters. The molecule has 0 bridgehead atoms. The van der Waals surface area contributed by atoms with Crippen LogP contribution in [-0.2, 0) is 0 Å². The number of benzene rings is 2. The van der Waals surface area contributed by atoms with E-state index in [9.17, 15) is 0 Å². The average molecular weight is 268 g/mol. The Kier molecular flexibility index (Phi) is 4.33. The van der Waals surface area contributed by atoms with Gasteiger partial charge >= 0.3 is 0 Å². The molecule has 20 heavy (non-hydrogen) atoms. The molecule has 0 saturated heterocycles. The Morgan fingerprint density at radius 3 is 2.10 bits per heavy atom. The minimum absolute atomic E-state index is 0.930. The first kappa shape index (κ1) is 14.4. The summed E-state index contributed by atoms with van der Waals surface area (Å²) in [6, 6.07) is 13.0. The lowest BCUT2D eigenvalue weighted by Crippen LogP contribution is -2.11. The second-order valence-corrected chi connectivity index (χ2v) is 5.39. The zero-order valence-electron chi connectivity index (χ0n) is 13.1. The van der Waals surface area contributed by atoms with Gasteiger partial charge in [-0.15, -0.1) is 0 Å². The van der Waals surface area contributed by atoms with Crippen molar-refractivity contribution in [2.45, 2.75) is 20.8 Å². The van der Waals surface area contributed by atoms with Crippen molar-refractivity contribution in [1.29, 1.82) is 0 Å². The van der Waals surface area contributed by atoms with Crippen LogP contribution in [0.4, 0.5) is 11.4 Å². The van der Waals surface area contributed by atoms with Crippen LogP contribution in [0.25, 0.3) is 11.1 Å². The summed E-state index contributed by atoms with van der Waals surface area (Å²) in [5, 5.41) is 3.49. The average Bonchev–Trinajstić information content (AvgIpc) is 2.40. The number of nitrogens with zero attached hydrogens (tertiary/aromatic N) is 1. The van der Waals surface area contributed by atoms with Crippen LogP contribution in [0.5, 0.6) is 0 Å². The van der Waals surface area contributed by atoms with E-state index in [0.29, 0.717) is 0 Å². The van der Waals surface area contributed by atoms with Gasteiger partial charge in [0.05, 0.1) is 0 Å². The Morgan fingerprint density at radius 2 is 1.50 bits per heavy atom. The van der Waals surface area contributed by atoms with Crippen LogP contribution >= 0.6 is 0 Å². The van der Waals surface area contributed by atoms with Crippen molar-refractivity contribution < 1.29 is 0 Å². The number of anilines is 2. The lowest BCUT2D eigenvalue weighted by Gasteiger charge is -2.23. The summed E-state index contributed by atoms with van der Waals surface area (Å²) < 4.78 is 0. The summed E-state index contributed by atoms with van der Waals surface area (Å²) in [5.74, 6) is 0. The molecule has 2 aromatic carbocycles. The first-order valence-corrected chi connectivity index (χ1v) is 7.17. The van der Waals surface area contributed by atoms with Crippen LogP contribution in [0.2, 0.25) is 0 Å². The van der Waals surface area contributed by atoms with Crippen LogP contribution in [0, 0.1) is 13.8 Å². The van der Waals surface area contributed by atoms with Gasteiger partial charge in [-0.3, -0.25) is 0 Å². The lowest BCUT2D eigenvalue weighted by atomic mass is 9.93. The molecule has 0 spiro atoms. The van der Waals surface area contributed by atoms with Gasteiger partial charge in [0.1, 0.15) is 0 Å². The maximum absolute atomic E-state index is 3.49. The molecule has 0 aliphatic carbocycles. The molecular weight excluding hydrogens is 244 g/mol. The third kappa shape index (κ3) is 2.64.